The number of carbonyl (C=O) groups is 1. The van der Waals surface area contributed by atoms with Crippen molar-refractivity contribution < 1.29 is 9.90 Å². The molecule has 0 aliphatic carbocycles. The average molecular weight is 310 g/mol. The maximum Gasteiger partial charge on any atom is 0.333 e. The number of carboxylic acid groups (broad SMARTS) is 1. The Balaban J connectivity index is 2.47. The van der Waals surface area contributed by atoms with E-state index in [1.165, 1.54) is 6.07 Å². The van der Waals surface area contributed by atoms with E-state index in [0.717, 1.165) is 0 Å². The first-order valence-corrected chi connectivity index (χ1v) is 6.71. The van der Waals surface area contributed by atoms with Gasteiger partial charge < -0.3 is 10.4 Å². The number of nitrogens with one attached hydrogen (secondary N) is 1. The quantitative estimate of drug-likeness (QED) is 0.879. The summed E-state index contributed by atoms with van der Waals surface area (Å²) in [4.78, 5) is 11.7. The standard InChI is InChI=1S/C15H13Cl2NO2/c1-15(14(19)20,18-11-5-3-2-4-6-11)12-8-7-10(16)9-13(12)17/h2-9,18H,1H3,(H,19,20). The monoisotopic (exact) mass is 309 g/mol. The summed E-state index contributed by atoms with van der Waals surface area (Å²) in [7, 11) is 0. The zero-order chi connectivity index (χ0) is 14.8. The van der Waals surface area contributed by atoms with Gasteiger partial charge in [0.1, 0.15) is 0 Å². The SMILES string of the molecule is CC(Nc1ccccc1)(C(=O)O)c1ccc(Cl)cc1Cl. The molecule has 0 aliphatic heterocycles. The van der Waals surface area contributed by atoms with Crippen molar-refractivity contribution in [3.05, 3.63) is 64.1 Å². The zero-order valence-electron chi connectivity index (χ0n) is 10.7. The van der Waals surface area contributed by atoms with Crippen LogP contribution in [0.4, 0.5) is 5.69 Å². The van der Waals surface area contributed by atoms with Crippen LogP contribution in [0.1, 0.15) is 12.5 Å². The van der Waals surface area contributed by atoms with Crippen molar-refractivity contribution in [3.63, 3.8) is 0 Å². The molecular formula is C15H13Cl2NO2. The molecule has 1 unspecified atom stereocenters. The lowest BCUT2D eigenvalue weighted by Gasteiger charge is -2.29. The number of para-hydroxylation sites is 1. The molecule has 0 bridgehead atoms. The predicted molar refractivity (Wildman–Crippen MR) is 81.5 cm³/mol. The third-order valence-corrected chi connectivity index (χ3v) is 3.61. The van der Waals surface area contributed by atoms with Gasteiger partial charge in [-0.2, -0.15) is 0 Å². The van der Waals surface area contributed by atoms with Crippen molar-refractivity contribution in [1.29, 1.82) is 0 Å². The normalized spacial score (nSPS) is 13.6. The van der Waals surface area contributed by atoms with Gasteiger partial charge in [-0.25, -0.2) is 4.79 Å². The topological polar surface area (TPSA) is 49.3 Å². The molecule has 0 saturated heterocycles. The second-order valence-electron chi connectivity index (χ2n) is 4.55. The van der Waals surface area contributed by atoms with Crippen LogP contribution in [0, 0.1) is 0 Å². The summed E-state index contributed by atoms with van der Waals surface area (Å²) in [5, 5.41) is 13.4. The molecule has 5 heteroatoms. The van der Waals surface area contributed by atoms with E-state index in [2.05, 4.69) is 5.32 Å². The van der Waals surface area contributed by atoms with Crippen LogP contribution < -0.4 is 5.32 Å². The van der Waals surface area contributed by atoms with Gasteiger partial charge in [-0.15, -0.1) is 0 Å². The molecule has 20 heavy (non-hydrogen) atoms. The summed E-state index contributed by atoms with van der Waals surface area (Å²) in [6.07, 6.45) is 0. The maximum absolute atomic E-state index is 11.7. The van der Waals surface area contributed by atoms with E-state index in [-0.39, 0.29) is 0 Å². The molecule has 0 fully saturated rings. The molecule has 0 radical (unpaired) electrons. The van der Waals surface area contributed by atoms with Gasteiger partial charge in [0, 0.05) is 21.3 Å². The maximum atomic E-state index is 11.7. The van der Waals surface area contributed by atoms with E-state index in [0.29, 0.717) is 21.3 Å². The Labute approximate surface area is 127 Å². The first-order valence-electron chi connectivity index (χ1n) is 5.95. The number of hydrogen-bond donors (Lipinski definition) is 2. The van der Waals surface area contributed by atoms with Gasteiger partial charge in [0.15, 0.2) is 5.54 Å². The van der Waals surface area contributed by atoms with Crippen LogP contribution in [0.25, 0.3) is 0 Å². The Bertz CT molecular complexity index is 631. The van der Waals surface area contributed by atoms with Gasteiger partial charge in [-0.05, 0) is 31.2 Å². The minimum absolute atomic E-state index is 0.311. The number of benzene rings is 2. The molecule has 0 heterocycles. The summed E-state index contributed by atoms with van der Waals surface area (Å²) >= 11 is 12.0. The molecule has 2 rings (SSSR count). The predicted octanol–water partition coefficient (Wildman–Crippen LogP) is 4.41. The minimum atomic E-state index is -1.34. The number of carboxylic acids is 1. The molecule has 0 saturated carbocycles. The lowest BCUT2D eigenvalue weighted by atomic mass is 9.91. The van der Waals surface area contributed by atoms with Gasteiger partial charge in [-0.1, -0.05) is 47.5 Å². The Morgan fingerprint density at radius 2 is 1.80 bits per heavy atom. The highest BCUT2D eigenvalue weighted by Gasteiger charge is 2.37. The van der Waals surface area contributed by atoms with Crippen molar-refractivity contribution in [3.8, 4) is 0 Å². The van der Waals surface area contributed by atoms with E-state index in [9.17, 15) is 9.90 Å². The minimum Gasteiger partial charge on any atom is -0.479 e. The van der Waals surface area contributed by atoms with Crippen LogP contribution in [0.2, 0.25) is 10.0 Å². The number of halogens is 2. The molecule has 3 nitrogen and oxygen atoms in total. The van der Waals surface area contributed by atoms with E-state index >= 15 is 0 Å². The van der Waals surface area contributed by atoms with E-state index in [4.69, 9.17) is 23.2 Å². The first kappa shape index (κ1) is 14.7. The van der Waals surface area contributed by atoms with E-state index in [1.54, 1.807) is 31.2 Å². The second kappa shape index (κ2) is 5.73. The second-order valence-corrected chi connectivity index (χ2v) is 5.39. The number of rotatable bonds is 4. The highest BCUT2D eigenvalue weighted by Crippen LogP contribution is 2.33. The summed E-state index contributed by atoms with van der Waals surface area (Å²) in [5.74, 6) is -1.02. The first-order chi connectivity index (χ1) is 9.43. The van der Waals surface area contributed by atoms with Crippen molar-refractivity contribution in [2.45, 2.75) is 12.5 Å². The molecule has 2 aromatic rings. The zero-order valence-corrected chi connectivity index (χ0v) is 12.2. The fraction of sp³-hybridized carbons (Fsp3) is 0.133. The molecule has 0 aliphatic rings. The van der Waals surface area contributed by atoms with Gasteiger partial charge in [0.05, 0.1) is 0 Å². The number of aliphatic carboxylic acids is 1. The molecule has 2 N–H and O–H groups in total. The van der Waals surface area contributed by atoms with Crippen molar-refractivity contribution in [2.75, 3.05) is 5.32 Å². The van der Waals surface area contributed by atoms with Gasteiger partial charge in [0.25, 0.3) is 0 Å². The van der Waals surface area contributed by atoms with Crippen molar-refractivity contribution >= 4 is 34.9 Å². The van der Waals surface area contributed by atoms with Crippen LogP contribution in [-0.4, -0.2) is 11.1 Å². The smallest absolute Gasteiger partial charge is 0.333 e. The van der Waals surface area contributed by atoms with Crippen LogP contribution in [-0.2, 0) is 10.3 Å². The molecule has 0 spiro atoms. The van der Waals surface area contributed by atoms with Gasteiger partial charge in [0.2, 0.25) is 0 Å². The average Bonchev–Trinajstić information content (AvgIpc) is 2.39. The summed E-state index contributed by atoms with van der Waals surface area (Å²) in [5.41, 5.74) is -0.188. The van der Waals surface area contributed by atoms with Crippen LogP contribution in [0.15, 0.2) is 48.5 Å². The number of hydrogen-bond acceptors (Lipinski definition) is 2. The van der Waals surface area contributed by atoms with Crippen LogP contribution in [0.3, 0.4) is 0 Å². The van der Waals surface area contributed by atoms with Gasteiger partial charge in [-0.3, -0.25) is 0 Å². The lowest BCUT2D eigenvalue weighted by molar-refractivity contribution is -0.142. The van der Waals surface area contributed by atoms with Crippen LogP contribution >= 0.6 is 23.2 Å². The molecule has 0 amide bonds. The Morgan fingerprint density at radius 1 is 1.15 bits per heavy atom. The van der Waals surface area contributed by atoms with E-state index in [1.807, 2.05) is 18.2 Å². The summed E-state index contributed by atoms with van der Waals surface area (Å²) in [6, 6.07) is 13.9. The Morgan fingerprint density at radius 3 is 2.35 bits per heavy atom. The Kier molecular flexibility index (Phi) is 4.21. The molecule has 2 aromatic carbocycles. The van der Waals surface area contributed by atoms with Crippen molar-refractivity contribution in [1.82, 2.24) is 0 Å². The lowest BCUT2D eigenvalue weighted by Crippen LogP contribution is -2.40. The third kappa shape index (κ3) is 2.89. The third-order valence-electron chi connectivity index (χ3n) is 3.07. The molecule has 104 valence electrons. The Hall–Kier alpha value is -1.71. The number of anilines is 1. The highest BCUT2D eigenvalue weighted by molar-refractivity contribution is 6.35. The van der Waals surface area contributed by atoms with Crippen LogP contribution in [0.5, 0.6) is 0 Å². The molecule has 0 aromatic heterocycles. The fourth-order valence-electron chi connectivity index (χ4n) is 1.94. The highest BCUT2D eigenvalue weighted by atomic mass is 35.5. The molecule has 1 atom stereocenters. The summed E-state index contributed by atoms with van der Waals surface area (Å²) in [6.45, 7) is 1.57. The largest absolute Gasteiger partial charge is 0.479 e. The van der Waals surface area contributed by atoms with Crippen molar-refractivity contribution in [2.24, 2.45) is 0 Å². The molecular weight excluding hydrogens is 297 g/mol. The fourth-order valence-corrected chi connectivity index (χ4v) is 2.54. The van der Waals surface area contributed by atoms with E-state index < -0.39 is 11.5 Å². The summed E-state index contributed by atoms with van der Waals surface area (Å²) < 4.78 is 0. The van der Waals surface area contributed by atoms with Gasteiger partial charge >= 0.3 is 5.97 Å².